The van der Waals surface area contributed by atoms with Gasteiger partial charge in [-0.25, -0.2) is 0 Å². The molecule has 6 nitrogen and oxygen atoms in total. The molecule has 2 aromatic rings. The summed E-state index contributed by atoms with van der Waals surface area (Å²) in [4.78, 5) is 26.4. The molecule has 2 aromatic carbocycles. The molecule has 0 spiro atoms. The number of hydrogen-bond acceptors (Lipinski definition) is 4. The van der Waals surface area contributed by atoms with E-state index in [0.717, 1.165) is 11.3 Å². The van der Waals surface area contributed by atoms with Gasteiger partial charge in [-0.1, -0.05) is 17.7 Å². The van der Waals surface area contributed by atoms with Crippen LogP contribution in [0.25, 0.3) is 6.08 Å². The fourth-order valence-corrected chi connectivity index (χ4v) is 2.65. The number of nitrogens with zero attached hydrogens (tertiary/aromatic N) is 1. The Morgan fingerprint density at radius 1 is 1.08 bits per heavy atom. The fourth-order valence-electron chi connectivity index (χ4n) is 2.47. The largest absolute Gasteiger partial charge is 0.488 e. The summed E-state index contributed by atoms with van der Waals surface area (Å²) in [5.74, 6) is -0.175. The Morgan fingerprint density at radius 3 is 2.62 bits per heavy atom. The highest BCUT2D eigenvalue weighted by Gasteiger charge is 2.18. The number of benzene rings is 2. The highest BCUT2D eigenvalue weighted by atomic mass is 35.5. The Hall–Kier alpha value is -2.99. The van der Waals surface area contributed by atoms with Crippen LogP contribution in [-0.4, -0.2) is 32.5 Å². The third-order valence-electron chi connectivity index (χ3n) is 3.89. The van der Waals surface area contributed by atoms with Crippen LogP contribution in [0.4, 0.5) is 5.69 Å². The quantitative estimate of drug-likeness (QED) is 0.814. The standard InChI is InChI=1S/C19H18ClN3O3/c1-23(2)16-5-3-4-12(10-16)18(24)21-22-19(25)14-8-13-9-15(20)6-7-17(13)26-11-14/h3-10H,11H2,1-2H3,(H,21,24)(H,22,25). The molecule has 0 fully saturated rings. The average molecular weight is 372 g/mol. The molecular formula is C19H18ClN3O3. The first-order valence-corrected chi connectivity index (χ1v) is 8.33. The molecule has 2 N–H and O–H groups in total. The molecule has 3 rings (SSSR count). The zero-order chi connectivity index (χ0) is 18.7. The summed E-state index contributed by atoms with van der Waals surface area (Å²) < 4.78 is 5.54. The smallest absolute Gasteiger partial charge is 0.269 e. The molecule has 0 unspecified atom stereocenters. The summed E-state index contributed by atoms with van der Waals surface area (Å²) in [6.45, 7) is 0.118. The van der Waals surface area contributed by atoms with Crippen molar-refractivity contribution in [3.63, 3.8) is 0 Å². The van der Waals surface area contributed by atoms with E-state index in [1.165, 1.54) is 0 Å². The van der Waals surface area contributed by atoms with Crippen LogP contribution in [0.15, 0.2) is 48.0 Å². The number of hydrazine groups is 1. The number of amides is 2. The SMILES string of the molecule is CN(C)c1cccc(C(=O)NNC(=O)C2=Cc3cc(Cl)ccc3OC2)c1. The molecule has 0 aliphatic carbocycles. The zero-order valence-corrected chi connectivity index (χ0v) is 15.1. The predicted molar refractivity (Wildman–Crippen MR) is 101 cm³/mol. The molecule has 0 atom stereocenters. The molecule has 134 valence electrons. The second-order valence-electron chi connectivity index (χ2n) is 5.99. The molecule has 7 heteroatoms. The summed E-state index contributed by atoms with van der Waals surface area (Å²) in [6, 6.07) is 12.3. The highest BCUT2D eigenvalue weighted by Crippen LogP contribution is 2.28. The van der Waals surface area contributed by atoms with E-state index < -0.39 is 11.8 Å². The van der Waals surface area contributed by atoms with Gasteiger partial charge in [0.15, 0.2) is 0 Å². The molecule has 2 amide bonds. The third-order valence-corrected chi connectivity index (χ3v) is 4.13. The van der Waals surface area contributed by atoms with Crippen molar-refractivity contribution in [3.05, 3.63) is 64.2 Å². The second kappa shape index (κ2) is 7.49. The van der Waals surface area contributed by atoms with Gasteiger partial charge in [0.1, 0.15) is 12.4 Å². The van der Waals surface area contributed by atoms with Gasteiger partial charge in [0.25, 0.3) is 11.8 Å². The predicted octanol–water partition coefficient (Wildman–Crippen LogP) is 2.64. The molecule has 0 bridgehead atoms. The molecule has 0 aromatic heterocycles. The van der Waals surface area contributed by atoms with Gasteiger partial charge in [0.2, 0.25) is 0 Å². The minimum atomic E-state index is -0.437. The van der Waals surface area contributed by atoms with E-state index in [9.17, 15) is 9.59 Å². The first-order valence-electron chi connectivity index (χ1n) is 7.95. The molecule has 1 aliphatic rings. The Balaban J connectivity index is 1.66. The number of hydrogen-bond donors (Lipinski definition) is 2. The maximum Gasteiger partial charge on any atom is 0.269 e. The van der Waals surface area contributed by atoms with Gasteiger partial charge >= 0.3 is 0 Å². The van der Waals surface area contributed by atoms with Gasteiger partial charge < -0.3 is 9.64 Å². The lowest BCUT2D eigenvalue weighted by Crippen LogP contribution is -2.43. The molecule has 0 radical (unpaired) electrons. The normalized spacial score (nSPS) is 12.3. The zero-order valence-electron chi connectivity index (χ0n) is 14.4. The van der Waals surface area contributed by atoms with E-state index in [-0.39, 0.29) is 6.61 Å². The summed E-state index contributed by atoms with van der Waals surface area (Å²) in [6.07, 6.45) is 1.69. The Morgan fingerprint density at radius 2 is 1.85 bits per heavy atom. The number of rotatable bonds is 3. The van der Waals surface area contributed by atoms with Crippen molar-refractivity contribution in [1.82, 2.24) is 10.9 Å². The van der Waals surface area contributed by atoms with Crippen molar-refractivity contribution in [2.75, 3.05) is 25.6 Å². The van der Waals surface area contributed by atoms with Gasteiger partial charge in [-0.3, -0.25) is 20.4 Å². The van der Waals surface area contributed by atoms with E-state index >= 15 is 0 Å². The van der Waals surface area contributed by atoms with E-state index in [1.54, 1.807) is 42.5 Å². The van der Waals surface area contributed by atoms with E-state index in [0.29, 0.717) is 21.9 Å². The fraction of sp³-hybridized carbons (Fsp3) is 0.158. The Labute approximate surface area is 156 Å². The molecular weight excluding hydrogens is 354 g/mol. The van der Waals surface area contributed by atoms with Gasteiger partial charge in [-0.2, -0.15) is 0 Å². The van der Waals surface area contributed by atoms with Crippen molar-refractivity contribution in [2.45, 2.75) is 0 Å². The van der Waals surface area contributed by atoms with Gasteiger partial charge in [0, 0.05) is 35.9 Å². The second-order valence-corrected chi connectivity index (χ2v) is 6.43. The molecule has 1 heterocycles. The number of anilines is 1. The van der Waals surface area contributed by atoms with Gasteiger partial charge in [-0.15, -0.1) is 0 Å². The van der Waals surface area contributed by atoms with Crippen molar-refractivity contribution < 1.29 is 14.3 Å². The van der Waals surface area contributed by atoms with Gasteiger partial charge in [-0.05, 0) is 42.5 Å². The van der Waals surface area contributed by atoms with Crippen LogP contribution in [0, 0.1) is 0 Å². The van der Waals surface area contributed by atoms with Crippen molar-refractivity contribution >= 4 is 35.2 Å². The van der Waals surface area contributed by atoms with Crippen LogP contribution >= 0.6 is 11.6 Å². The molecule has 1 aliphatic heterocycles. The van der Waals surface area contributed by atoms with Crippen molar-refractivity contribution in [2.24, 2.45) is 0 Å². The molecule has 26 heavy (non-hydrogen) atoms. The lowest BCUT2D eigenvalue weighted by Gasteiger charge is -2.18. The lowest BCUT2D eigenvalue weighted by molar-refractivity contribution is -0.118. The van der Waals surface area contributed by atoms with E-state index in [2.05, 4.69) is 10.9 Å². The molecule has 0 saturated heterocycles. The number of fused-ring (bicyclic) bond motifs is 1. The van der Waals surface area contributed by atoms with Crippen molar-refractivity contribution in [3.8, 4) is 5.75 Å². The van der Waals surface area contributed by atoms with Crippen LogP contribution < -0.4 is 20.5 Å². The van der Waals surface area contributed by atoms with Crippen LogP contribution in [0.1, 0.15) is 15.9 Å². The van der Waals surface area contributed by atoms with Crippen molar-refractivity contribution in [1.29, 1.82) is 0 Å². The number of carbonyl (C=O) groups is 2. The minimum absolute atomic E-state index is 0.118. The number of nitrogens with one attached hydrogen (secondary N) is 2. The van der Waals surface area contributed by atoms with Gasteiger partial charge in [0.05, 0.1) is 5.57 Å². The van der Waals surface area contributed by atoms with E-state index in [1.807, 2.05) is 25.1 Å². The number of ether oxygens (including phenoxy) is 1. The number of halogens is 1. The summed E-state index contributed by atoms with van der Waals surface area (Å²) >= 11 is 5.96. The highest BCUT2D eigenvalue weighted by molar-refractivity contribution is 6.30. The summed E-state index contributed by atoms with van der Waals surface area (Å²) in [5.41, 5.74) is 7.28. The maximum atomic E-state index is 12.3. The first-order chi connectivity index (χ1) is 12.4. The Kier molecular flexibility index (Phi) is 5.14. The van der Waals surface area contributed by atoms with Crippen LogP contribution in [0.2, 0.25) is 5.02 Å². The summed E-state index contributed by atoms with van der Waals surface area (Å²) in [5, 5.41) is 0.555. The topological polar surface area (TPSA) is 70.7 Å². The van der Waals surface area contributed by atoms with Crippen LogP contribution in [0.5, 0.6) is 5.75 Å². The van der Waals surface area contributed by atoms with Crippen LogP contribution in [-0.2, 0) is 4.79 Å². The maximum absolute atomic E-state index is 12.3. The lowest BCUT2D eigenvalue weighted by atomic mass is 10.1. The monoisotopic (exact) mass is 371 g/mol. The minimum Gasteiger partial charge on any atom is -0.488 e. The number of carbonyl (C=O) groups excluding carboxylic acids is 2. The summed E-state index contributed by atoms with van der Waals surface area (Å²) in [7, 11) is 3.77. The van der Waals surface area contributed by atoms with Crippen LogP contribution in [0.3, 0.4) is 0 Å². The average Bonchev–Trinajstić information content (AvgIpc) is 2.65. The third kappa shape index (κ3) is 3.97. The Bertz CT molecular complexity index is 893. The molecule has 0 saturated carbocycles. The first kappa shape index (κ1) is 17.8. The van der Waals surface area contributed by atoms with E-state index in [4.69, 9.17) is 16.3 Å².